The van der Waals surface area contributed by atoms with E-state index < -0.39 is 18.0 Å². The van der Waals surface area contributed by atoms with Gasteiger partial charge in [0.05, 0.1) is 17.1 Å². The molecule has 0 saturated carbocycles. The monoisotopic (exact) mass is 363 g/mol. The van der Waals surface area contributed by atoms with Gasteiger partial charge in [0.1, 0.15) is 18.1 Å². The van der Waals surface area contributed by atoms with Gasteiger partial charge in [0, 0.05) is 4.90 Å². The lowest BCUT2D eigenvalue weighted by atomic mass is 10.2. The Morgan fingerprint density at radius 3 is 2.60 bits per heavy atom. The van der Waals surface area contributed by atoms with E-state index in [1.807, 2.05) is 30.5 Å². The molecule has 0 bridgehead atoms. The number of rotatable bonds is 7. The van der Waals surface area contributed by atoms with Crippen LogP contribution in [0.25, 0.3) is 0 Å². The highest BCUT2D eigenvalue weighted by Crippen LogP contribution is 2.32. The highest BCUT2D eigenvalue weighted by molar-refractivity contribution is 7.98. The number of carbonyl (C=O) groups excluding carboxylic acids is 1. The van der Waals surface area contributed by atoms with Crippen molar-refractivity contribution in [1.29, 1.82) is 0 Å². The van der Waals surface area contributed by atoms with Crippen molar-refractivity contribution in [1.82, 2.24) is 5.01 Å². The van der Waals surface area contributed by atoms with Crippen LogP contribution < -0.4 is 10.7 Å². The zero-order valence-electron chi connectivity index (χ0n) is 13.7. The van der Waals surface area contributed by atoms with Crippen molar-refractivity contribution >= 4 is 41.2 Å². The Morgan fingerprint density at radius 1 is 1.24 bits per heavy atom. The molecule has 0 radical (unpaired) electrons. The number of hydrogen-bond acceptors (Lipinski definition) is 5. The topological polar surface area (TPSA) is 81.7 Å². The molecule has 2 aromatic rings. The summed E-state index contributed by atoms with van der Waals surface area (Å²) in [6, 6.07) is 10.4. The first-order valence-electron chi connectivity index (χ1n) is 7.40. The first-order chi connectivity index (χ1) is 12.0. The summed E-state index contributed by atoms with van der Waals surface area (Å²) in [6.07, 6.45) is 1.10. The second-order valence-electron chi connectivity index (χ2n) is 5.16. The number of nitrogens with zero attached hydrogens (tertiary/aromatic N) is 1. The summed E-state index contributed by atoms with van der Waals surface area (Å²) in [5, 5.41) is 13.1. The molecule has 0 aliphatic heterocycles. The maximum Gasteiger partial charge on any atom is 0.426 e. The molecule has 0 saturated heterocycles. The van der Waals surface area contributed by atoms with E-state index in [9.17, 15) is 19.1 Å². The molecule has 132 valence electrons. The first kappa shape index (κ1) is 18.6. The van der Waals surface area contributed by atoms with E-state index in [1.54, 1.807) is 0 Å². The number of carbonyl (C=O) groups is 2. The number of para-hydroxylation sites is 1. The van der Waals surface area contributed by atoms with Gasteiger partial charge in [-0.15, -0.1) is 11.8 Å². The third-order valence-electron chi connectivity index (χ3n) is 3.41. The second kappa shape index (κ2) is 8.39. The standard InChI is InChI=1S/C17H18FN3O3S/c1-11(10-22)21(17(23)24)20-13-8-7-12(18)9-15(13)19-14-5-3-4-6-16(14)25-2/h3-11,19-20H,1-2H3,(H,23,24). The van der Waals surface area contributed by atoms with Crippen molar-refractivity contribution in [2.75, 3.05) is 17.0 Å². The van der Waals surface area contributed by atoms with Gasteiger partial charge < -0.3 is 15.2 Å². The van der Waals surface area contributed by atoms with E-state index in [-0.39, 0.29) is 0 Å². The third kappa shape index (κ3) is 4.63. The number of aldehydes is 1. The van der Waals surface area contributed by atoms with Gasteiger partial charge in [-0.1, -0.05) is 12.1 Å². The van der Waals surface area contributed by atoms with Crippen molar-refractivity contribution in [2.24, 2.45) is 0 Å². The van der Waals surface area contributed by atoms with Gasteiger partial charge in [0.2, 0.25) is 0 Å². The fraction of sp³-hybridized carbons (Fsp3) is 0.176. The second-order valence-corrected chi connectivity index (χ2v) is 6.00. The normalized spacial score (nSPS) is 11.5. The molecule has 0 fully saturated rings. The fourth-order valence-electron chi connectivity index (χ4n) is 2.12. The van der Waals surface area contributed by atoms with Crippen LogP contribution in [-0.4, -0.2) is 34.8 Å². The van der Waals surface area contributed by atoms with E-state index in [0.717, 1.165) is 15.6 Å². The lowest BCUT2D eigenvalue weighted by molar-refractivity contribution is -0.111. The number of anilines is 3. The molecule has 2 aromatic carbocycles. The Kier molecular flexibility index (Phi) is 6.24. The van der Waals surface area contributed by atoms with Gasteiger partial charge in [-0.2, -0.15) is 0 Å². The molecule has 8 heteroatoms. The maximum atomic E-state index is 13.7. The quantitative estimate of drug-likeness (QED) is 0.389. The van der Waals surface area contributed by atoms with Crippen molar-refractivity contribution in [3.63, 3.8) is 0 Å². The number of halogens is 1. The predicted molar refractivity (Wildman–Crippen MR) is 96.9 cm³/mol. The van der Waals surface area contributed by atoms with Crippen LogP contribution >= 0.6 is 11.8 Å². The smallest absolute Gasteiger partial charge is 0.426 e. The van der Waals surface area contributed by atoms with Crippen molar-refractivity contribution in [3.8, 4) is 0 Å². The van der Waals surface area contributed by atoms with Crippen LogP contribution in [0.4, 0.5) is 26.2 Å². The molecule has 0 aromatic heterocycles. The number of thioether (sulfide) groups is 1. The first-order valence-corrected chi connectivity index (χ1v) is 8.62. The Labute approximate surface area is 149 Å². The van der Waals surface area contributed by atoms with E-state index in [4.69, 9.17) is 0 Å². The fourth-order valence-corrected chi connectivity index (χ4v) is 2.68. The maximum absolute atomic E-state index is 13.7. The molecular formula is C17H18FN3O3S. The molecule has 0 aliphatic rings. The van der Waals surface area contributed by atoms with Gasteiger partial charge >= 0.3 is 6.09 Å². The van der Waals surface area contributed by atoms with Crippen LogP contribution in [0.1, 0.15) is 6.92 Å². The zero-order valence-corrected chi connectivity index (χ0v) is 14.5. The Hall–Kier alpha value is -2.74. The molecule has 6 nitrogen and oxygen atoms in total. The van der Waals surface area contributed by atoms with Crippen LogP contribution in [0.15, 0.2) is 47.4 Å². The summed E-state index contributed by atoms with van der Waals surface area (Å²) >= 11 is 1.52. The highest BCUT2D eigenvalue weighted by Gasteiger charge is 2.20. The Morgan fingerprint density at radius 2 is 1.96 bits per heavy atom. The molecule has 0 aliphatic carbocycles. The van der Waals surface area contributed by atoms with Crippen molar-refractivity contribution in [2.45, 2.75) is 17.9 Å². The number of amides is 1. The molecule has 1 unspecified atom stereocenters. The largest absolute Gasteiger partial charge is 0.464 e. The number of carboxylic acid groups (broad SMARTS) is 1. The van der Waals surface area contributed by atoms with Gasteiger partial charge in [-0.25, -0.2) is 14.2 Å². The number of nitrogens with one attached hydrogen (secondary N) is 2. The van der Waals surface area contributed by atoms with Crippen LogP contribution in [0, 0.1) is 5.82 Å². The summed E-state index contributed by atoms with van der Waals surface area (Å²) < 4.78 is 13.7. The van der Waals surface area contributed by atoms with Crippen molar-refractivity contribution < 1.29 is 19.1 Å². The van der Waals surface area contributed by atoms with Crippen LogP contribution in [0.5, 0.6) is 0 Å². The molecule has 2 rings (SSSR count). The van der Waals surface area contributed by atoms with Gasteiger partial charge in [0.25, 0.3) is 0 Å². The van der Waals surface area contributed by atoms with Crippen LogP contribution in [0.3, 0.4) is 0 Å². The van der Waals surface area contributed by atoms with E-state index >= 15 is 0 Å². The van der Waals surface area contributed by atoms with E-state index in [0.29, 0.717) is 17.7 Å². The molecule has 25 heavy (non-hydrogen) atoms. The zero-order chi connectivity index (χ0) is 18.4. The molecule has 0 spiro atoms. The van der Waals surface area contributed by atoms with Gasteiger partial charge in [-0.3, -0.25) is 5.43 Å². The Bertz CT molecular complexity index is 773. The summed E-state index contributed by atoms with van der Waals surface area (Å²) in [5.74, 6) is -0.472. The molecule has 1 atom stereocenters. The minimum atomic E-state index is -1.32. The van der Waals surface area contributed by atoms with Crippen LogP contribution in [0.2, 0.25) is 0 Å². The molecule has 1 amide bonds. The van der Waals surface area contributed by atoms with Crippen LogP contribution in [-0.2, 0) is 4.79 Å². The Balaban J connectivity index is 2.37. The number of hydrogen-bond donors (Lipinski definition) is 3. The van der Waals surface area contributed by atoms with E-state index in [2.05, 4.69) is 10.7 Å². The summed E-state index contributed by atoms with van der Waals surface area (Å²) in [5.41, 5.74) is 4.09. The lowest BCUT2D eigenvalue weighted by Gasteiger charge is -2.25. The average molecular weight is 363 g/mol. The minimum absolute atomic E-state index is 0.327. The van der Waals surface area contributed by atoms with Gasteiger partial charge in [-0.05, 0) is 43.5 Å². The summed E-state index contributed by atoms with van der Waals surface area (Å²) in [4.78, 5) is 23.2. The molecular weight excluding hydrogens is 345 g/mol. The molecule has 0 heterocycles. The van der Waals surface area contributed by atoms with Gasteiger partial charge in [0.15, 0.2) is 0 Å². The summed E-state index contributed by atoms with van der Waals surface area (Å²) in [7, 11) is 0. The third-order valence-corrected chi connectivity index (χ3v) is 4.20. The van der Waals surface area contributed by atoms with Crippen molar-refractivity contribution in [3.05, 3.63) is 48.3 Å². The number of hydrazine groups is 1. The van der Waals surface area contributed by atoms with E-state index in [1.165, 1.54) is 36.9 Å². The SMILES string of the molecule is CSc1ccccc1Nc1cc(F)ccc1NN(C(=O)O)C(C)C=O. The number of benzene rings is 2. The molecule has 3 N–H and O–H groups in total. The summed E-state index contributed by atoms with van der Waals surface area (Å²) in [6.45, 7) is 1.44. The minimum Gasteiger partial charge on any atom is -0.464 e. The average Bonchev–Trinajstić information content (AvgIpc) is 2.60. The lowest BCUT2D eigenvalue weighted by Crippen LogP contribution is -2.43. The highest BCUT2D eigenvalue weighted by atomic mass is 32.2. The predicted octanol–water partition coefficient (Wildman–Crippen LogP) is 4.19.